The van der Waals surface area contributed by atoms with E-state index in [2.05, 4.69) is 29.1 Å². The van der Waals surface area contributed by atoms with Gasteiger partial charge in [0.2, 0.25) is 10.0 Å². The molecule has 0 bridgehead atoms. The molecule has 40 heavy (non-hydrogen) atoms. The van der Waals surface area contributed by atoms with Crippen molar-refractivity contribution in [3.05, 3.63) is 119 Å². The molecule has 2 unspecified atom stereocenters. The standard InChI is InChI=1S/C31H30N4O4S/c1-31(22-9-4-3-5-10-22)18-28(34-27-14-11-21(29(32)33)16-26(27)31)20-8-6-7-19(15-20)24-13-12-23(35-40(2,38)39)17-25(24)30(36)37/h3-17,28,34-35H,18H2,1-2H3,(H3,32,33)(H,36,37). The van der Waals surface area contributed by atoms with Gasteiger partial charge in [0.1, 0.15) is 5.84 Å². The van der Waals surface area contributed by atoms with Crippen molar-refractivity contribution in [2.24, 2.45) is 5.73 Å². The summed E-state index contributed by atoms with van der Waals surface area (Å²) < 4.78 is 25.7. The first-order valence-electron chi connectivity index (χ1n) is 12.7. The van der Waals surface area contributed by atoms with Gasteiger partial charge in [0.05, 0.1) is 17.9 Å². The Bertz CT molecular complexity index is 1740. The van der Waals surface area contributed by atoms with E-state index < -0.39 is 16.0 Å². The smallest absolute Gasteiger partial charge is 0.336 e. The van der Waals surface area contributed by atoms with Gasteiger partial charge in [0, 0.05) is 22.4 Å². The Labute approximate surface area is 233 Å². The number of rotatable bonds is 7. The van der Waals surface area contributed by atoms with Crippen molar-refractivity contribution in [1.82, 2.24) is 0 Å². The van der Waals surface area contributed by atoms with Crippen molar-refractivity contribution in [3.8, 4) is 11.1 Å². The number of benzene rings is 4. The zero-order valence-electron chi connectivity index (χ0n) is 22.1. The lowest BCUT2D eigenvalue weighted by Gasteiger charge is -2.42. The Morgan fingerprint density at radius 1 is 1.02 bits per heavy atom. The van der Waals surface area contributed by atoms with Gasteiger partial charge >= 0.3 is 5.97 Å². The zero-order chi connectivity index (χ0) is 28.7. The number of carbonyl (C=O) groups is 1. The Morgan fingerprint density at radius 3 is 2.45 bits per heavy atom. The highest BCUT2D eigenvalue weighted by molar-refractivity contribution is 7.92. The molecule has 0 spiro atoms. The van der Waals surface area contributed by atoms with Crippen molar-refractivity contribution >= 4 is 33.2 Å². The minimum Gasteiger partial charge on any atom is -0.478 e. The predicted octanol–water partition coefficient (Wildman–Crippen LogP) is 5.57. The molecule has 0 radical (unpaired) electrons. The average molecular weight is 555 g/mol. The summed E-state index contributed by atoms with van der Waals surface area (Å²) in [6, 6.07) is 28.2. The first-order chi connectivity index (χ1) is 18.9. The zero-order valence-corrected chi connectivity index (χ0v) is 22.9. The topological polar surface area (TPSA) is 145 Å². The Kier molecular flexibility index (Phi) is 6.85. The number of amidine groups is 1. The van der Waals surface area contributed by atoms with E-state index in [4.69, 9.17) is 11.1 Å². The van der Waals surface area contributed by atoms with Crippen LogP contribution in [0.1, 0.15) is 52.0 Å². The van der Waals surface area contributed by atoms with Crippen LogP contribution in [0.15, 0.2) is 91.0 Å². The number of fused-ring (bicyclic) bond motifs is 1. The number of hydrogen-bond donors (Lipinski definition) is 5. The number of anilines is 2. The number of nitrogens with one attached hydrogen (secondary N) is 3. The van der Waals surface area contributed by atoms with E-state index in [-0.39, 0.29) is 28.5 Å². The van der Waals surface area contributed by atoms with Crippen LogP contribution in [0.2, 0.25) is 0 Å². The Hall–Kier alpha value is -4.63. The van der Waals surface area contributed by atoms with Crippen LogP contribution in [0.25, 0.3) is 11.1 Å². The van der Waals surface area contributed by atoms with Crippen LogP contribution in [0.5, 0.6) is 0 Å². The van der Waals surface area contributed by atoms with Crippen molar-refractivity contribution in [2.75, 3.05) is 16.3 Å². The van der Waals surface area contributed by atoms with Crippen LogP contribution < -0.4 is 15.8 Å². The third-order valence-corrected chi connectivity index (χ3v) is 8.04. The molecule has 0 fully saturated rings. The second kappa shape index (κ2) is 10.2. The third kappa shape index (κ3) is 5.28. The summed E-state index contributed by atoms with van der Waals surface area (Å²) in [7, 11) is -3.55. The molecule has 1 heterocycles. The second-order valence-corrected chi connectivity index (χ2v) is 12.1. The van der Waals surface area contributed by atoms with Crippen molar-refractivity contribution in [3.63, 3.8) is 0 Å². The molecule has 6 N–H and O–H groups in total. The lowest BCUT2D eigenvalue weighted by molar-refractivity contribution is 0.0697. The molecular weight excluding hydrogens is 524 g/mol. The Morgan fingerprint density at radius 2 is 1.77 bits per heavy atom. The molecule has 204 valence electrons. The highest BCUT2D eigenvalue weighted by Gasteiger charge is 2.39. The van der Waals surface area contributed by atoms with Crippen LogP contribution in [-0.4, -0.2) is 31.6 Å². The molecule has 4 aromatic carbocycles. The van der Waals surface area contributed by atoms with Gasteiger partial charge in [-0.25, -0.2) is 13.2 Å². The normalized spacial score (nSPS) is 18.3. The van der Waals surface area contributed by atoms with E-state index in [1.54, 1.807) is 12.1 Å². The number of carboxylic acid groups (broad SMARTS) is 1. The molecule has 1 aliphatic rings. The van der Waals surface area contributed by atoms with Gasteiger partial charge in [0.15, 0.2) is 0 Å². The number of carboxylic acids is 1. The van der Waals surface area contributed by atoms with Crippen LogP contribution in [0, 0.1) is 5.41 Å². The number of nitrogens with two attached hydrogens (primary N) is 1. The van der Waals surface area contributed by atoms with Gasteiger partial charge in [-0.1, -0.05) is 61.5 Å². The largest absolute Gasteiger partial charge is 0.478 e. The lowest BCUT2D eigenvalue weighted by Crippen LogP contribution is -2.35. The number of nitrogen functional groups attached to an aromatic ring is 1. The molecule has 0 saturated carbocycles. The van der Waals surface area contributed by atoms with Gasteiger partial charge in [-0.3, -0.25) is 10.1 Å². The van der Waals surface area contributed by atoms with Gasteiger partial charge < -0.3 is 16.2 Å². The second-order valence-electron chi connectivity index (χ2n) is 10.3. The summed E-state index contributed by atoms with van der Waals surface area (Å²) in [5.41, 5.74) is 11.6. The van der Waals surface area contributed by atoms with E-state index in [0.717, 1.165) is 28.6 Å². The molecule has 0 amide bonds. The van der Waals surface area contributed by atoms with E-state index in [1.807, 2.05) is 60.7 Å². The fourth-order valence-electron chi connectivity index (χ4n) is 5.51. The molecular formula is C31H30N4O4S. The molecule has 0 aliphatic carbocycles. The summed E-state index contributed by atoms with van der Waals surface area (Å²) in [5.74, 6) is -1.14. The van der Waals surface area contributed by atoms with Crippen molar-refractivity contribution in [1.29, 1.82) is 5.41 Å². The van der Waals surface area contributed by atoms with E-state index in [0.29, 0.717) is 23.1 Å². The minimum absolute atomic E-state index is 0.00126. The van der Waals surface area contributed by atoms with Gasteiger partial charge in [-0.2, -0.15) is 0 Å². The molecule has 2 atom stereocenters. The predicted molar refractivity (Wildman–Crippen MR) is 159 cm³/mol. The summed E-state index contributed by atoms with van der Waals surface area (Å²) in [5, 5.41) is 21.5. The molecule has 8 nitrogen and oxygen atoms in total. The first kappa shape index (κ1) is 27.0. The lowest BCUT2D eigenvalue weighted by atomic mass is 9.68. The van der Waals surface area contributed by atoms with Gasteiger partial charge in [0.25, 0.3) is 0 Å². The average Bonchev–Trinajstić information content (AvgIpc) is 2.92. The van der Waals surface area contributed by atoms with Crippen molar-refractivity contribution in [2.45, 2.75) is 24.8 Å². The fraction of sp³-hybridized carbons (Fsp3) is 0.161. The molecule has 0 saturated heterocycles. The summed E-state index contributed by atoms with van der Waals surface area (Å²) >= 11 is 0. The van der Waals surface area contributed by atoms with Gasteiger partial charge in [-0.05, 0) is 70.6 Å². The SMILES string of the molecule is CC1(c2ccccc2)CC(c2cccc(-c3ccc(NS(C)(=O)=O)cc3C(=O)O)c2)Nc2ccc(C(=N)N)cc21. The highest BCUT2D eigenvalue weighted by Crippen LogP contribution is 2.48. The number of sulfonamides is 1. The monoisotopic (exact) mass is 554 g/mol. The highest BCUT2D eigenvalue weighted by atomic mass is 32.2. The summed E-state index contributed by atoms with van der Waals surface area (Å²) in [4.78, 5) is 12.1. The van der Waals surface area contributed by atoms with E-state index in [9.17, 15) is 18.3 Å². The maximum absolute atomic E-state index is 12.1. The summed E-state index contributed by atoms with van der Waals surface area (Å²) in [6.45, 7) is 2.19. The van der Waals surface area contributed by atoms with Crippen LogP contribution >= 0.6 is 0 Å². The Balaban J connectivity index is 1.58. The summed E-state index contributed by atoms with van der Waals surface area (Å²) in [6.07, 6.45) is 1.72. The molecule has 9 heteroatoms. The third-order valence-electron chi connectivity index (χ3n) is 7.43. The number of aromatic carboxylic acids is 1. The fourth-order valence-corrected chi connectivity index (χ4v) is 6.06. The number of hydrogen-bond acceptors (Lipinski definition) is 5. The van der Waals surface area contributed by atoms with Gasteiger partial charge in [-0.15, -0.1) is 0 Å². The first-order valence-corrected chi connectivity index (χ1v) is 14.6. The molecule has 4 aromatic rings. The molecule has 1 aliphatic heterocycles. The molecule has 0 aromatic heterocycles. The molecule has 5 rings (SSSR count). The van der Waals surface area contributed by atoms with Crippen molar-refractivity contribution < 1.29 is 18.3 Å². The van der Waals surface area contributed by atoms with E-state index in [1.165, 1.54) is 6.07 Å². The maximum Gasteiger partial charge on any atom is 0.336 e. The van der Waals surface area contributed by atoms with Crippen LogP contribution in [-0.2, 0) is 15.4 Å². The van der Waals surface area contributed by atoms with Crippen LogP contribution in [0.3, 0.4) is 0 Å². The van der Waals surface area contributed by atoms with E-state index >= 15 is 0 Å². The minimum atomic E-state index is -3.55. The van der Waals surface area contributed by atoms with Crippen LogP contribution in [0.4, 0.5) is 11.4 Å². The maximum atomic E-state index is 12.1. The quantitative estimate of drug-likeness (QED) is 0.149.